The lowest BCUT2D eigenvalue weighted by Gasteiger charge is -2.26. The minimum atomic E-state index is -0.580. The predicted molar refractivity (Wildman–Crippen MR) is 68.5 cm³/mol. The van der Waals surface area contributed by atoms with Crippen LogP contribution in [0.1, 0.15) is 0 Å². The minimum Gasteiger partial charge on any atom is -0.272 e. The van der Waals surface area contributed by atoms with Crippen LogP contribution in [0.2, 0.25) is 0 Å². The molecule has 0 fully saturated rings. The van der Waals surface area contributed by atoms with Gasteiger partial charge in [-0.1, -0.05) is 24.8 Å². The molecule has 0 aromatic heterocycles. The third-order valence-corrected chi connectivity index (χ3v) is 2.34. The molecular weight excluding hydrogens is 233 g/mol. The molecule has 0 aliphatic carbocycles. The number of carbonyl (C=O) groups is 1. The Morgan fingerprint density at radius 2 is 2.11 bits per heavy atom. The molecule has 0 radical (unpaired) electrons. The van der Waals surface area contributed by atoms with Crippen molar-refractivity contribution in [2.45, 2.75) is 0 Å². The summed E-state index contributed by atoms with van der Waals surface area (Å²) in [5.74, 6) is -0.714. The first kappa shape index (κ1) is 12.0. The lowest BCUT2D eigenvalue weighted by atomic mass is 10.3. The number of para-hydroxylation sites is 1. The topological polar surface area (TPSA) is 35.9 Å². The van der Waals surface area contributed by atoms with Crippen LogP contribution in [0, 0.1) is 0 Å². The second-order valence-corrected chi connectivity index (χ2v) is 3.69. The average molecular weight is 245 g/mol. The van der Waals surface area contributed by atoms with Crippen molar-refractivity contribution in [2.75, 3.05) is 11.4 Å². The Morgan fingerprint density at radius 3 is 2.72 bits per heavy atom. The van der Waals surface area contributed by atoms with Crippen LogP contribution >= 0.6 is 0 Å². The number of carbonyl (C=O) groups excluding carboxylic acids is 1. The van der Waals surface area contributed by atoms with Gasteiger partial charge in [-0.05, 0) is 18.2 Å². The molecule has 5 heteroatoms. The fraction of sp³-hybridized carbons (Fsp3) is 0.0769. The molecule has 1 aromatic carbocycles. The molecule has 0 bridgehead atoms. The number of benzene rings is 1. The lowest BCUT2D eigenvalue weighted by Crippen LogP contribution is -2.41. The molecule has 0 saturated carbocycles. The number of allylic oxidation sites excluding steroid dienone is 2. The molecule has 0 N–H and O–H groups in total. The Kier molecular flexibility index (Phi) is 3.52. The molecule has 1 aromatic rings. The molecule has 1 aliphatic rings. The van der Waals surface area contributed by atoms with E-state index in [1.54, 1.807) is 0 Å². The van der Waals surface area contributed by atoms with E-state index in [9.17, 15) is 9.18 Å². The summed E-state index contributed by atoms with van der Waals surface area (Å²) in [6.07, 6.45) is 3.94. The molecule has 0 unspecified atom stereocenters. The highest BCUT2D eigenvalue weighted by atomic mass is 19.1. The monoisotopic (exact) mass is 245 g/mol. The number of hydrogen-bond donors (Lipinski definition) is 0. The van der Waals surface area contributed by atoms with Crippen molar-refractivity contribution in [3.8, 4) is 0 Å². The Hall–Kier alpha value is -2.43. The summed E-state index contributed by atoms with van der Waals surface area (Å²) in [6, 6.07) is 9.19. The maximum absolute atomic E-state index is 12.4. The standard InChI is InChI=1S/C13H12FN3O/c1-11(14)7-8-16-9-13(18)17(10-15-16)12-5-3-2-4-6-12/h2-8,10H,1,9H2/b8-7-. The fourth-order valence-electron chi connectivity index (χ4n) is 1.50. The third-order valence-electron chi connectivity index (χ3n) is 2.34. The van der Waals surface area contributed by atoms with E-state index < -0.39 is 5.83 Å². The van der Waals surface area contributed by atoms with E-state index >= 15 is 0 Å². The summed E-state index contributed by atoms with van der Waals surface area (Å²) < 4.78 is 12.4. The molecule has 2 rings (SSSR count). The molecule has 0 saturated heterocycles. The van der Waals surface area contributed by atoms with Gasteiger partial charge in [0.15, 0.2) is 0 Å². The highest BCUT2D eigenvalue weighted by Crippen LogP contribution is 2.15. The molecule has 0 atom stereocenters. The van der Waals surface area contributed by atoms with Gasteiger partial charge >= 0.3 is 0 Å². The van der Waals surface area contributed by atoms with Gasteiger partial charge in [-0.15, -0.1) is 0 Å². The van der Waals surface area contributed by atoms with Gasteiger partial charge in [0.1, 0.15) is 18.7 Å². The highest BCUT2D eigenvalue weighted by molar-refractivity contribution is 6.10. The molecule has 1 aliphatic heterocycles. The first-order chi connectivity index (χ1) is 8.66. The van der Waals surface area contributed by atoms with Crippen LogP contribution in [0.5, 0.6) is 0 Å². The van der Waals surface area contributed by atoms with E-state index in [0.717, 1.165) is 11.8 Å². The predicted octanol–water partition coefficient (Wildman–Crippen LogP) is 2.28. The van der Waals surface area contributed by atoms with Crippen molar-refractivity contribution < 1.29 is 9.18 Å². The smallest absolute Gasteiger partial charge is 0.254 e. The van der Waals surface area contributed by atoms with Crippen LogP contribution < -0.4 is 4.90 Å². The Labute approximate surface area is 104 Å². The Balaban J connectivity index is 2.13. The molecular formula is C13H12FN3O. The molecule has 0 spiro atoms. The number of nitrogens with zero attached hydrogens (tertiary/aromatic N) is 3. The van der Waals surface area contributed by atoms with E-state index in [-0.39, 0.29) is 12.5 Å². The Bertz CT molecular complexity index is 510. The van der Waals surface area contributed by atoms with Crippen molar-refractivity contribution in [1.29, 1.82) is 0 Å². The van der Waals surface area contributed by atoms with E-state index in [2.05, 4.69) is 11.7 Å². The molecule has 18 heavy (non-hydrogen) atoms. The zero-order chi connectivity index (χ0) is 13.0. The Morgan fingerprint density at radius 1 is 1.39 bits per heavy atom. The third kappa shape index (κ3) is 2.82. The maximum atomic E-state index is 12.4. The normalized spacial score (nSPS) is 15.5. The number of rotatable bonds is 3. The summed E-state index contributed by atoms with van der Waals surface area (Å²) in [6.45, 7) is 3.16. The van der Waals surface area contributed by atoms with E-state index in [4.69, 9.17) is 0 Å². The van der Waals surface area contributed by atoms with Crippen LogP contribution in [0.15, 0.2) is 60.1 Å². The summed E-state index contributed by atoms with van der Waals surface area (Å²) in [7, 11) is 0. The lowest BCUT2D eigenvalue weighted by molar-refractivity contribution is -0.118. The van der Waals surface area contributed by atoms with Crippen molar-refractivity contribution >= 4 is 17.9 Å². The van der Waals surface area contributed by atoms with Gasteiger partial charge in [0.05, 0.1) is 0 Å². The molecule has 1 heterocycles. The van der Waals surface area contributed by atoms with Gasteiger partial charge in [-0.2, -0.15) is 5.10 Å². The second-order valence-electron chi connectivity index (χ2n) is 3.69. The van der Waals surface area contributed by atoms with Crippen LogP contribution in [0.4, 0.5) is 10.1 Å². The van der Waals surface area contributed by atoms with Gasteiger partial charge in [0, 0.05) is 11.9 Å². The number of amides is 1. The quantitative estimate of drug-likeness (QED) is 0.766. The van der Waals surface area contributed by atoms with Crippen LogP contribution in [-0.4, -0.2) is 23.8 Å². The summed E-state index contributed by atoms with van der Waals surface area (Å²) >= 11 is 0. The second kappa shape index (κ2) is 5.27. The fourth-order valence-corrected chi connectivity index (χ4v) is 1.50. The maximum Gasteiger partial charge on any atom is 0.254 e. The number of anilines is 1. The van der Waals surface area contributed by atoms with Crippen LogP contribution in [0.25, 0.3) is 0 Å². The van der Waals surface area contributed by atoms with Crippen LogP contribution in [-0.2, 0) is 4.79 Å². The van der Waals surface area contributed by atoms with Crippen molar-refractivity contribution in [3.63, 3.8) is 0 Å². The zero-order valence-corrected chi connectivity index (χ0v) is 9.66. The first-order valence-corrected chi connectivity index (χ1v) is 5.37. The summed E-state index contributed by atoms with van der Waals surface area (Å²) in [5.41, 5.74) is 0.754. The first-order valence-electron chi connectivity index (χ1n) is 5.37. The number of halogens is 1. The summed E-state index contributed by atoms with van der Waals surface area (Å²) in [4.78, 5) is 13.3. The van der Waals surface area contributed by atoms with E-state index in [1.165, 1.54) is 22.4 Å². The number of hydrazone groups is 1. The van der Waals surface area contributed by atoms with Gasteiger partial charge in [-0.25, -0.2) is 4.39 Å². The number of hydrogen-bond acceptors (Lipinski definition) is 3. The summed E-state index contributed by atoms with van der Waals surface area (Å²) in [5, 5.41) is 5.38. The van der Waals surface area contributed by atoms with E-state index in [0.29, 0.717) is 0 Å². The van der Waals surface area contributed by atoms with Crippen molar-refractivity contribution in [1.82, 2.24) is 5.01 Å². The van der Waals surface area contributed by atoms with Crippen molar-refractivity contribution in [3.05, 3.63) is 55.0 Å². The van der Waals surface area contributed by atoms with Gasteiger partial charge in [-0.3, -0.25) is 14.7 Å². The largest absolute Gasteiger partial charge is 0.272 e. The zero-order valence-electron chi connectivity index (χ0n) is 9.66. The average Bonchev–Trinajstić information content (AvgIpc) is 2.37. The van der Waals surface area contributed by atoms with Gasteiger partial charge in [0.25, 0.3) is 5.91 Å². The van der Waals surface area contributed by atoms with Crippen molar-refractivity contribution in [2.24, 2.45) is 5.10 Å². The SMILES string of the molecule is C=C(F)/C=C\N1CC(=O)N(c2ccccc2)C=N1. The highest BCUT2D eigenvalue weighted by Gasteiger charge is 2.20. The molecule has 4 nitrogen and oxygen atoms in total. The minimum absolute atomic E-state index is 0.0647. The van der Waals surface area contributed by atoms with Gasteiger partial charge in [0.2, 0.25) is 0 Å². The molecule has 1 amide bonds. The van der Waals surface area contributed by atoms with E-state index in [1.807, 2.05) is 30.3 Å². The van der Waals surface area contributed by atoms with Gasteiger partial charge < -0.3 is 0 Å². The molecule has 92 valence electrons. The van der Waals surface area contributed by atoms with Crippen LogP contribution in [0.3, 0.4) is 0 Å².